The summed E-state index contributed by atoms with van der Waals surface area (Å²) in [4.78, 5) is 0. The Balaban J connectivity index is 2.15. The van der Waals surface area contributed by atoms with E-state index in [1.54, 1.807) is 10.9 Å². The minimum atomic E-state index is 0.629. The molecular weight excluding hydrogens is 200 g/mol. The number of aryl methyl sites for hydroxylation is 1. The van der Waals surface area contributed by atoms with Gasteiger partial charge in [-0.25, -0.2) is 0 Å². The van der Waals surface area contributed by atoms with Crippen LogP contribution in [-0.4, -0.2) is 22.3 Å². The third kappa shape index (κ3) is 4.01. The summed E-state index contributed by atoms with van der Waals surface area (Å²) in [6.07, 6.45) is 5.69. The summed E-state index contributed by atoms with van der Waals surface area (Å²) in [7, 11) is 1.88. The molecule has 14 heavy (non-hydrogen) atoms. The van der Waals surface area contributed by atoms with Crippen molar-refractivity contribution in [3.8, 4) is 5.75 Å². The molecule has 1 heterocycles. The maximum Gasteiger partial charge on any atom is 0.157 e. The van der Waals surface area contributed by atoms with E-state index >= 15 is 0 Å². The molecule has 0 radical (unpaired) electrons. The quantitative estimate of drug-likeness (QED) is 0.683. The van der Waals surface area contributed by atoms with E-state index in [1.807, 2.05) is 13.2 Å². The number of rotatable bonds is 6. The monoisotopic (exact) mass is 216 g/mol. The number of hydrogen-bond acceptors (Lipinski definition) is 2. The molecular formula is C10H17ClN2O. The minimum absolute atomic E-state index is 0.629. The van der Waals surface area contributed by atoms with Crippen LogP contribution in [0.2, 0.25) is 0 Å². The Kier molecular flexibility index (Phi) is 4.80. The van der Waals surface area contributed by atoms with Crippen molar-refractivity contribution in [3.63, 3.8) is 0 Å². The van der Waals surface area contributed by atoms with Crippen LogP contribution in [0.25, 0.3) is 0 Å². The van der Waals surface area contributed by atoms with Crippen LogP contribution >= 0.6 is 11.6 Å². The normalized spacial score (nSPS) is 12.8. The number of halogens is 1. The molecule has 1 aromatic rings. The summed E-state index contributed by atoms with van der Waals surface area (Å²) < 4.78 is 7.25. The summed E-state index contributed by atoms with van der Waals surface area (Å²) in [5.41, 5.74) is 0. The molecule has 1 aromatic heterocycles. The standard InChI is InChI=1S/C10H17ClN2O/c1-9(3-5-11)4-6-14-10-7-12-13(2)8-10/h7-9H,3-6H2,1-2H3. The molecule has 1 atom stereocenters. The van der Waals surface area contributed by atoms with Crippen LogP contribution in [0.4, 0.5) is 0 Å². The van der Waals surface area contributed by atoms with E-state index in [9.17, 15) is 0 Å². The lowest BCUT2D eigenvalue weighted by Crippen LogP contribution is -2.04. The SMILES string of the molecule is CC(CCCl)CCOc1cnn(C)c1. The number of alkyl halides is 1. The highest BCUT2D eigenvalue weighted by Crippen LogP contribution is 2.11. The molecule has 0 aliphatic heterocycles. The zero-order chi connectivity index (χ0) is 10.4. The summed E-state index contributed by atoms with van der Waals surface area (Å²) >= 11 is 5.64. The fourth-order valence-corrected chi connectivity index (χ4v) is 1.55. The number of nitrogens with zero attached hydrogens (tertiary/aromatic N) is 2. The van der Waals surface area contributed by atoms with E-state index in [2.05, 4.69) is 12.0 Å². The Morgan fingerprint density at radius 2 is 2.36 bits per heavy atom. The second kappa shape index (κ2) is 5.91. The molecule has 0 N–H and O–H groups in total. The first-order valence-electron chi connectivity index (χ1n) is 4.89. The van der Waals surface area contributed by atoms with Crippen molar-refractivity contribution < 1.29 is 4.74 Å². The first-order chi connectivity index (χ1) is 6.72. The minimum Gasteiger partial charge on any atom is -0.490 e. The third-order valence-corrected chi connectivity index (χ3v) is 2.38. The van der Waals surface area contributed by atoms with E-state index in [4.69, 9.17) is 16.3 Å². The van der Waals surface area contributed by atoms with Gasteiger partial charge in [-0.1, -0.05) is 6.92 Å². The van der Waals surface area contributed by atoms with Gasteiger partial charge in [-0.2, -0.15) is 5.10 Å². The van der Waals surface area contributed by atoms with Crippen molar-refractivity contribution in [2.24, 2.45) is 13.0 Å². The number of ether oxygens (including phenoxy) is 1. The molecule has 0 saturated heterocycles. The van der Waals surface area contributed by atoms with Gasteiger partial charge >= 0.3 is 0 Å². The Hall–Kier alpha value is -0.700. The smallest absolute Gasteiger partial charge is 0.157 e. The van der Waals surface area contributed by atoms with Gasteiger partial charge in [0.05, 0.1) is 19.0 Å². The van der Waals surface area contributed by atoms with Crippen LogP contribution < -0.4 is 4.74 Å². The molecule has 3 nitrogen and oxygen atoms in total. The second-order valence-corrected chi connectivity index (χ2v) is 3.95. The number of aromatic nitrogens is 2. The van der Waals surface area contributed by atoms with Crippen LogP contribution in [0.15, 0.2) is 12.4 Å². The molecule has 0 aliphatic rings. The van der Waals surface area contributed by atoms with Gasteiger partial charge in [-0.05, 0) is 18.8 Å². The van der Waals surface area contributed by atoms with E-state index in [0.717, 1.165) is 31.1 Å². The van der Waals surface area contributed by atoms with Gasteiger partial charge in [0.15, 0.2) is 5.75 Å². The Labute approximate surface area is 90.0 Å². The highest BCUT2D eigenvalue weighted by Gasteiger charge is 2.02. The van der Waals surface area contributed by atoms with E-state index < -0.39 is 0 Å². The summed E-state index contributed by atoms with van der Waals surface area (Å²) in [5, 5.41) is 4.02. The fourth-order valence-electron chi connectivity index (χ4n) is 1.18. The van der Waals surface area contributed by atoms with Gasteiger partial charge < -0.3 is 4.74 Å². The van der Waals surface area contributed by atoms with Crippen molar-refractivity contribution in [2.75, 3.05) is 12.5 Å². The van der Waals surface area contributed by atoms with Crippen LogP contribution in [0.3, 0.4) is 0 Å². The first kappa shape index (κ1) is 11.4. The van der Waals surface area contributed by atoms with E-state index in [-0.39, 0.29) is 0 Å². The van der Waals surface area contributed by atoms with Gasteiger partial charge in [0, 0.05) is 12.9 Å². The van der Waals surface area contributed by atoms with Crippen molar-refractivity contribution in [3.05, 3.63) is 12.4 Å². The Bertz CT molecular complexity index is 262. The Morgan fingerprint density at radius 3 is 2.93 bits per heavy atom. The molecule has 0 fully saturated rings. The van der Waals surface area contributed by atoms with Gasteiger partial charge in [-0.3, -0.25) is 4.68 Å². The van der Waals surface area contributed by atoms with E-state index in [0.29, 0.717) is 5.92 Å². The average Bonchev–Trinajstić information content (AvgIpc) is 2.52. The lowest BCUT2D eigenvalue weighted by atomic mass is 10.1. The molecule has 1 rings (SSSR count). The van der Waals surface area contributed by atoms with E-state index in [1.165, 1.54) is 0 Å². The molecule has 4 heteroatoms. The third-order valence-electron chi connectivity index (χ3n) is 2.16. The van der Waals surface area contributed by atoms with Crippen LogP contribution in [-0.2, 0) is 7.05 Å². The summed E-state index contributed by atoms with van der Waals surface area (Å²) in [6.45, 7) is 2.93. The highest BCUT2D eigenvalue weighted by molar-refractivity contribution is 6.17. The lowest BCUT2D eigenvalue weighted by Gasteiger charge is -2.09. The molecule has 0 aliphatic carbocycles. The zero-order valence-corrected chi connectivity index (χ0v) is 9.50. The topological polar surface area (TPSA) is 27.1 Å². The van der Waals surface area contributed by atoms with Crippen molar-refractivity contribution in [1.82, 2.24) is 9.78 Å². The molecule has 0 saturated carbocycles. The summed E-state index contributed by atoms with van der Waals surface area (Å²) in [6, 6.07) is 0. The second-order valence-electron chi connectivity index (χ2n) is 3.57. The fraction of sp³-hybridized carbons (Fsp3) is 0.700. The highest BCUT2D eigenvalue weighted by atomic mass is 35.5. The lowest BCUT2D eigenvalue weighted by molar-refractivity contribution is 0.282. The van der Waals surface area contributed by atoms with Crippen LogP contribution in [0, 0.1) is 5.92 Å². The molecule has 80 valence electrons. The van der Waals surface area contributed by atoms with Crippen molar-refractivity contribution in [1.29, 1.82) is 0 Å². The van der Waals surface area contributed by atoms with Crippen molar-refractivity contribution in [2.45, 2.75) is 19.8 Å². The van der Waals surface area contributed by atoms with Gasteiger partial charge in [0.2, 0.25) is 0 Å². The number of hydrogen-bond donors (Lipinski definition) is 0. The van der Waals surface area contributed by atoms with Gasteiger partial charge in [0.25, 0.3) is 0 Å². The largest absolute Gasteiger partial charge is 0.490 e. The predicted molar refractivity (Wildman–Crippen MR) is 57.8 cm³/mol. The Morgan fingerprint density at radius 1 is 1.57 bits per heavy atom. The molecule has 0 amide bonds. The maximum atomic E-state index is 5.64. The molecule has 0 spiro atoms. The summed E-state index contributed by atoms with van der Waals surface area (Å²) in [5.74, 6) is 2.20. The average molecular weight is 217 g/mol. The van der Waals surface area contributed by atoms with Crippen LogP contribution in [0.1, 0.15) is 19.8 Å². The predicted octanol–water partition coefficient (Wildman–Crippen LogP) is 2.45. The van der Waals surface area contributed by atoms with Gasteiger partial charge in [0.1, 0.15) is 0 Å². The maximum absolute atomic E-state index is 5.64. The first-order valence-corrected chi connectivity index (χ1v) is 5.43. The van der Waals surface area contributed by atoms with Gasteiger partial charge in [-0.15, -0.1) is 11.6 Å². The molecule has 1 unspecified atom stereocenters. The molecule has 0 aromatic carbocycles. The van der Waals surface area contributed by atoms with Crippen molar-refractivity contribution >= 4 is 11.6 Å². The zero-order valence-electron chi connectivity index (χ0n) is 8.74. The molecule has 0 bridgehead atoms. The van der Waals surface area contributed by atoms with Crippen LogP contribution in [0.5, 0.6) is 5.75 Å².